The summed E-state index contributed by atoms with van der Waals surface area (Å²) in [6.07, 6.45) is 3.03. The van der Waals surface area contributed by atoms with Crippen molar-refractivity contribution >= 4 is 6.02 Å². The van der Waals surface area contributed by atoms with Crippen LogP contribution in [0.25, 0.3) is 0 Å². The second-order valence-electron chi connectivity index (χ2n) is 1.99. The summed E-state index contributed by atoms with van der Waals surface area (Å²) in [6.45, 7) is 0. The summed E-state index contributed by atoms with van der Waals surface area (Å²) in [5.41, 5.74) is 0. The summed E-state index contributed by atoms with van der Waals surface area (Å²) < 4.78 is 9.84. The lowest BCUT2D eigenvalue weighted by molar-refractivity contribution is 0.0283. The molecule has 1 rings (SSSR count). The van der Waals surface area contributed by atoms with Crippen LogP contribution in [0, 0.1) is 0 Å². The van der Waals surface area contributed by atoms with Crippen molar-refractivity contribution in [3.05, 3.63) is 12.3 Å². The average Bonchev–Trinajstić information content (AvgIpc) is 2.05. The van der Waals surface area contributed by atoms with E-state index in [9.17, 15) is 0 Å². The molecule has 11 heavy (non-hydrogen) atoms. The van der Waals surface area contributed by atoms with Gasteiger partial charge in [0.15, 0.2) is 6.23 Å². The Morgan fingerprint density at radius 1 is 1.64 bits per heavy atom. The van der Waals surface area contributed by atoms with Gasteiger partial charge in [-0.2, -0.15) is 0 Å². The van der Waals surface area contributed by atoms with Crippen LogP contribution in [-0.4, -0.2) is 31.5 Å². The first-order chi connectivity index (χ1) is 5.29. The summed E-state index contributed by atoms with van der Waals surface area (Å²) in [5.74, 6) is 5.55. The smallest absolute Gasteiger partial charge is 0.309 e. The van der Waals surface area contributed by atoms with Gasteiger partial charge in [0.2, 0.25) is 0 Å². The van der Waals surface area contributed by atoms with E-state index in [4.69, 9.17) is 15.3 Å². The number of methoxy groups -OCH3 is 2. The van der Waals surface area contributed by atoms with Crippen LogP contribution in [0.15, 0.2) is 17.3 Å². The third-order valence-corrected chi connectivity index (χ3v) is 1.35. The first-order valence-electron chi connectivity index (χ1n) is 3.14. The molecule has 0 fully saturated rings. The van der Waals surface area contributed by atoms with Gasteiger partial charge in [0, 0.05) is 13.3 Å². The highest BCUT2D eigenvalue weighted by atomic mass is 16.5. The summed E-state index contributed by atoms with van der Waals surface area (Å²) in [4.78, 5) is 3.86. The first kappa shape index (κ1) is 8.03. The Hall–Kier alpha value is -1.07. The van der Waals surface area contributed by atoms with Crippen LogP contribution < -0.4 is 5.84 Å². The minimum atomic E-state index is -0.289. The van der Waals surface area contributed by atoms with Gasteiger partial charge >= 0.3 is 6.02 Å². The Kier molecular flexibility index (Phi) is 2.45. The lowest BCUT2D eigenvalue weighted by atomic mass is 10.5. The van der Waals surface area contributed by atoms with E-state index in [0.29, 0.717) is 6.02 Å². The second-order valence-corrected chi connectivity index (χ2v) is 1.99. The molecule has 5 heteroatoms. The molecule has 5 nitrogen and oxygen atoms in total. The fourth-order valence-electron chi connectivity index (χ4n) is 0.799. The molecule has 0 saturated carbocycles. The number of nitrogens with zero attached hydrogens (tertiary/aromatic N) is 2. The van der Waals surface area contributed by atoms with Crippen LogP contribution in [0.5, 0.6) is 0 Å². The molecule has 62 valence electrons. The van der Waals surface area contributed by atoms with Crippen molar-refractivity contribution in [2.45, 2.75) is 6.23 Å². The number of hydrogen-bond acceptors (Lipinski definition) is 5. The molecule has 0 amide bonds. The van der Waals surface area contributed by atoms with Gasteiger partial charge in [0.1, 0.15) is 0 Å². The highest BCUT2D eigenvalue weighted by molar-refractivity contribution is 5.74. The molecule has 0 bridgehead atoms. The number of hydrazine groups is 1. The zero-order valence-electron chi connectivity index (χ0n) is 6.52. The van der Waals surface area contributed by atoms with Gasteiger partial charge in [-0.15, -0.1) is 0 Å². The zero-order valence-corrected chi connectivity index (χ0v) is 6.52. The molecule has 2 N–H and O–H groups in total. The van der Waals surface area contributed by atoms with Gasteiger partial charge in [-0.1, -0.05) is 0 Å². The van der Waals surface area contributed by atoms with E-state index < -0.39 is 0 Å². The zero-order chi connectivity index (χ0) is 8.27. The number of amidine groups is 1. The van der Waals surface area contributed by atoms with Crippen molar-refractivity contribution < 1.29 is 9.47 Å². The molecule has 1 heterocycles. The number of aliphatic imine (C=N–C) groups is 1. The fraction of sp³-hybridized carbons (Fsp3) is 0.500. The molecule has 0 saturated heterocycles. The van der Waals surface area contributed by atoms with Gasteiger partial charge in [-0.05, 0) is 6.08 Å². The molecular weight excluding hydrogens is 146 g/mol. The van der Waals surface area contributed by atoms with Crippen LogP contribution in [0.3, 0.4) is 0 Å². The van der Waals surface area contributed by atoms with E-state index in [0.717, 1.165) is 0 Å². The fourth-order valence-corrected chi connectivity index (χ4v) is 0.799. The molecule has 0 aliphatic carbocycles. The first-order valence-corrected chi connectivity index (χ1v) is 3.14. The monoisotopic (exact) mass is 157 g/mol. The molecule has 1 unspecified atom stereocenters. The Bertz CT molecular complexity index is 190. The molecule has 0 aromatic rings. The normalized spacial score (nSPS) is 23.4. The molecule has 1 aliphatic rings. The number of hydrogen-bond donors (Lipinski definition) is 1. The van der Waals surface area contributed by atoms with Crippen molar-refractivity contribution in [3.63, 3.8) is 0 Å². The second kappa shape index (κ2) is 3.36. The largest absolute Gasteiger partial charge is 0.467 e. The van der Waals surface area contributed by atoms with E-state index >= 15 is 0 Å². The van der Waals surface area contributed by atoms with E-state index in [2.05, 4.69) is 4.99 Å². The van der Waals surface area contributed by atoms with Crippen LogP contribution in [0.1, 0.15) is 0 Å². The maximum absolute atomic E-state index is 5.55. The molecule has 0 aromatic heterocycles. The van der Waals surface area contributed by atoms with Gasteiger partial charge in [0.05, 0.1) is 7.11 Å². The van der Waals surface area contributed by atoms with Crippen molar-refractivity contribution in [2.75, 3.05) is 14.2 Å². The molecular formula is C6H11N3O2. The van der Waals surface area contributed by atoms with E-state index in [1.807, 2.05) is 0 Å². The Morgan fingerprint density at radius 3 is 2.91 bits per heavy atom. The van der Waals surface area contributed by atoms with Gasteiger partial charge < -0.3 is 9.47 Å². The SMILES string of the molecule is COC1=NC=CC(OC)N1N. The maximum Gasteiger partial charge on any atom is 0.309 e. The minimum Gasteiger partial charge on any atom is -0.467 e. The van der Waals surface area contributed by atoms with E-state index in [1.165, 1.54) is 12.1 Å². The van der Waals surface area contributed by atoms with Crippen molar-refractivity contribution in [2.24, 2.45) is 10.8 Å². The van der Waals surface area contributed by atoms with Crippen molar-refractivity contribution in [1.82, 2.24) is 5.01 Å². The molecule has 1 atom stereocenters. The summed E-state index contributed by atoms with van der Waals surface area (Å²) >= 11 is 0. The highest BCUT2D eigenvalue weighted by Gasteiger charge is 2.18. The lowest BCUT2D eigenvalue weighted by Crippen LogP contribution is -2.47. The third-order valence-electron chi connectivity index (χ3n) is 1.35. The van der Waals surface area contributed by atoms with E-state index in [-0.39, 0.29) is 6.23 Å². The van der Waals surface area contributed by atoms with Gasteiger partial charge in [0.25, 0.3) is 0 Å². The molecule has 0 aromatic carbocycles. The van der Waals surface area contributed by atoms with Crippen LogP contribution in [0.4, 0.5) is 0 Å². The molecule has 1 aliphatic heterocycles. The average molecular weight is 157 g/mol. The summed E-state index contributed by atoms with van der Waals surface area (Å²) in [7, 11) is 3.07. The maximum atomic E-state index is 5.55. The molecule has 0 radical (unpaired) electrons. The topological polar surface area (TPSA) is 60.1 Å². The lowest BCUT2D eigenvalue weighted by Gasteiger charge is -2.26. The van der Waals surface area contributed by atoms with Gasteiger partial charge in [-0.25, -0.2) is 15.8 Å². The van der Waals surface area contributed by atoms with Crippen molar-refractivity contribution in [3.8, 4) is 0 Å². The Balaban J connectivity index is 2.68. The Morgan fingerprint density at radius 2 is 2.36 bits per heavy atom. The Labute approximate surface area is 65.1 Å². The number of rotatable bonds is 1. The molecule has 0 spiro atoms. The van der Waals surface area contributed by atoms with Crippen LogP contribution >= 0.6 is 0 Å². The predicted molar refractivity (Wildman–Crippen MR) is 40.4 cm³/mol. The standard InChI is InChI=1S/C6H11N3O2/c1-10-5-3-4-8-6(11-2)9(5)7/h3-5H,7H2,1-2H3. The number of ether oxygens (including phenoxy) is 2. The van der Waals surface area contributed by atoms with Crippen molar-refractivity contribution in [1.29, 1.82) is 0 Å². The third kappa shape index (κ3) is 1.50. The number of nitrogens with two attached hydrogens (primary N) is 1. The predicted octanol–water partition coefficient (Wildman–Crippen LogP) is -0.336. The van der Waals surface area contributed by atoms with Crippen LogP contribution in [0.2, 0.25) is 0 Å². The summed E-state index contributed by atoms with van der Waals surface area (Å²) in [6, 6.07) is 0.347. The highest BCUT2D eigenvalue weighted by Crippen LogP contribution is 2.04. The minimum absolute atomic E-state index is 0.289. The quantitative estimate of drug-likeness (QED) is 0.529. The summed E-state index contributed by atoms with van der Waals surface area (Å²) in [5, 5.41) is 1.31. The van der Waals surface area contributed by atoms with E-state index in [1.54, 1.807) is 19.4 Å². The van der Waals surface area contributed by atoms with Gasteiger partial charge in [-0.3, -0.25) is 0 Å². The van der Waals surface area contributed by atoms with Crippen LogP contribution in [-0.2, 0) is 9.47 Å².